The minimum Gasteiger partial charge on any atom is -0.465 e. The van der Waals surface area contributed by atoms with E-state index in [1.54, 1.807) is 13.8 Å². The zero-order chi connectivity index (χ0) is 15.6. The van der Waals surface area contributed by atoms with Crippen molar-refractivity contribution >= 4 is 21.8 Å². The zero-order valence-corrected chi connectivity index (χ0v) is 14.4. The van der Waals surface area contributed by atoms with Crippen molar-refractivity contribution in [2.75, 3.05) is 5.75 Å². The molecule has 1 heterocycles. The Hall–Kier alpha value is -0.500. The summed E-state index contributed by atoms with van der Waals surface area (Å²) < 4.78 is 33.8. The fourth-order valence-corrected chi connectivity index (χ4v) is 6.08. The molecule has 0 saturated heterocycles. The van der Waals surface area contributed by atoms with Crippen LogP contribution in [0, 0.1) is 13.8 Å². The second-order valence-electron chi connectivity index (χ2n) is 5.38. The molecule has 2 rings (SSSR count). The van der Waals surface area contributed by atoms with Crippen molar-refractivity contribution in [3.63, 3.8) is 0 Å². The van der Waals surface area contributed by atoms with Crippen LogP contribution in [0.15, 0.2) is 9.31 Å². The fraction of sp³-hybridized carbons (Fsp3) is 0.714. The van der Waals surface area contributed by atoms with Gasteiger partial charge in [-0.1, -0.05) is 13.3 Å². The minimum atomic E-state index is -3.58. The van der Waals surface area contributed by atoms with E-state index in [1.165, 1.54) is 0 Å². The highest BCUT2D eigenvalue weighted by Crippen LogP contribution is 2.32. The Morgan fingerprint density at radius 3 is 2.67 bits per heavy atom. The summed E-state index contributed by atoms with van der Waals surface area (Å²) in [5, 5.41) is 0.361. The third-order valence-corrected chi connectivity index (χ3v) is 6.95. The summed E-state index contributed by atoms with van der Waals surface area (Å²) in [6.45, 7) is 5.69. The summed E-state index contributed by atoms with van der Waals surface area (Å²) in [4.78, 5) is 0.231. The van der Waals surface area contributed by atoms with Gasteiger partial charge in [0.05, 0.1) is 0 Å². The topological polar surface area (TPSA) is 85.3 Å². The summed E-state index contributed by atoms with van der Waals surface area (Å²) in [6.07, 6.45) is 3.03. The van der Waals surface area contributed by atoms with E-state index in [2.05, 4.69) is 11.6 Å². The number of rotatable bonds is 6. The molecule has 7 heteroatoms. The van der Waals surface area contributed by atoms with Gasteiger partial charge in [-0.2, -0.15) is 11.8 Å². The number of thioether (sulfide) groups is 1. The third-order valence-electron chi connectivity index (χ3n) is 3.94. The standard InChI is InChI=1S/C14H24N2O3S2/c1-4-20-13-7-5-6-12(13)16-21(17,18)14-10(3)19-9(2)11(14)8-15/h12-13,16H,4-8,15H2,1-3H3. The highest BCUT2D eigenvalue weighted by atomic mass is 32.2. The molecule has 2 unspecified atom stereocenters. The van der Waals surface area contributed by atoms with Gasteiger partial charge in [0.25, 0.3) is 0 Å². The second-order valence-corrected chi connectivity index (χ2v) is 8.55. The maximum absolute atomic E-state index is 12.7. The smallest absolute Gasteiger partial charge is 0.244 e. The highest BCUT2D eigenvalue weighted by molar-refractivity contribution is 8.00. The molecule has 0 aliphatic heterocycles. The normalized spacial score (nSPS) is 22.9. The molecular weight excluding hydrogens is 308 g/mol. The number of hydrogen-bond donors (Lipinski definition) is 2. The van der Waals surface area contributed by atoms with E-state index >= 15 is 0 Å². The minimum absolute atomic E-state index is 0.000167. The Morgan fingerprint density at radius 1 is 1.33 bits per heavy atom. The average Bonchev–Trinajstić information content (AvgIpc) is 2.94. The summed E-state index contributed by atoms with van der Waals surface area (Å²) >= 11 is 1.83. The van der Waals surface area contributed by atoms with Gasteiger partial charge in [0.1, 0.15) is 16.4 Å². The lowest BCUT2D eigenvalue weighted by Gasteiger charge is -2.20. The van der Waals surface area contributed by atoms with Crippen LogP contribution in [0.25, 0.3) is 0 Å². The van der Waals surface area contributed by atoms with Crippen LogP contribution in [0.1, 0.15) is 43.3 Å². The molecule has 0 spiro atoms. The number of aryl methyl sites for hydroxylation is 2. The first-order valence-electron chi connectivity index (χ1n) is 7.33. The van der Waals surface area contributed by atoms with Gasteiger partial charge in [-0.15, -0.1) is 0 Å². The largest absolute Gasteiger partial charge is 0.465 e. The van der Waals surface area contributed by atoms with Crippen molar-refractivity contribution in [2.24, 2.45) is 5.73 Å². The monoisotopic (exact) mass is 332 g/mol. The summed E-state index contributed by atoms with van der Waals surface area (Å²) in [5.74, 6) is 2.00. The number of nitrogens with two attached hydrogens (primary N) is 1. The molecule has 1 aliphatic rings. The van der Waals surface area contributed by atoms with E-state index in [4.69, 9.17) is 10.2 Å². The van der Waals surface area contributed by atoms with E-state index < -0.39 is 10.0 Å². The van der Waals surface area contributed by atoms with E-state index in [0.29, 0.717) is 22.3 Å². The summed E-state index contributed by atoms with van der Waals surface area (Å²) in [5.41, 5.74) is 6.27. The van der Waals surface area contributed by atoms with Gasteiger partial charge in [-0.25, -0.2) is 13.1 Å². The van der Waals surface area contributed by atoms with E-state index in [-0.39, 0.29) is 17.5 Å². The number of nitrogens with one attached hydrogen (secondary N) is 1. The molecule has 0 amide bonds. The van der Waals surface area contributed by atoms with Crippen LogP contribution >= 0.6 is 11.8 Å². The maximum Gasteiger partial charge on any atom is 0.244 e. The van der Waals surface area contributed by atoms with Crippen LogP contribution in [0.5, 0.6) is 0 Å². The molecule has 120 valence electrons. The molecular formula is C14H24N2O3S2. The van der Waals surface area contributed by atoms with Gasteiger partial charge in [-0.05, 0) is 32.4 Å². The van der Waals surface area contributed by atoms with Crippen LogP contribution in [-0.4, -0.2) is 25.5 Å². The van der Waals surface area contributed by atoms with Crippen molar-refractivity contribution in [1.82, 2.24) is 4.72 Å². The Bertz CT molecular complexity index is 596. The first-order chi connectivity index (χ1) is 9.90. The lowest BCUT2D eigenvalue weighted by molar-refractivity contribution is 0.493. The molecule has 1 aromatic heterocycles. The Balaban J connectivity index is 2.27. The second kappa shape index (κ2) is 6.73. The molecule has 0 radical (unpaired) electrons. The van der Waals surface area contributed by atoms with Crippen molar-refractivity contribution in [3.05, 3.63) is 17.1 Å². The number of furan rings is 1. The van der Waals surface area contributed by atoms with Gasteiger partial charge < -0.3 is 10.2 Å². The van der Waals surface area contributed by atoms with Gasteiger partial charge >= 0.3 is 0 Å². The molecule has 5 nitrogen and oxygen atoms in total. The van der Waals surface area contributed by atoms with Crippen molar-refractivity contribution in [1.29, 1.82) is 0 Å². The molecule has 1 saturated carbocycles. The van der Waals surface area contributed by atoms with Gasteiger partial charge in [0, 0.05) is 23.4 Å². The lowest BCUT2D eigenvalue weighted by Crippen LogP contribution is -2.39. The van der Waals surface area contributed by atoms with Crippen LogP contribution in [-0.2, 0) is 16.6 Å². The van der Waals surface area contributed by atoms with Crippen LogP contribution < -0.4 is 10.5 Å². The van der Waals surface area contributed by atoms with Crippen LogP contribution in [0.3, 0.4) is 0 Å². The number of sulfonamides is 1. The molecule has 1 fully saturated rings. The molecule has 1 aliphatic carbocycles. The molecule has 0 bridgehead atoms. The highest BCUT2D eigenvalue weighted by Gasteiger charge is 2.34. The SMILES string of the molecule is CCSC1CCCC1NS(=O)(=O)c1c(C)oc(C)c1CN. The van der Waals surface area contributed by atoms with E-state index in [9.17, 15) is 8.42 Å². The third kappa shape index (κ3) is 3.47. The maximum atomic E-state index is 12.7. The molecule has 2 atom stereocenters. The zero-order valence-electron chi connectivity index (χ0n) is 12.8. The quantitative estimate of drug-likeness (QED) is 0.835. The van der Waals surface area contributed by atoms with Gasteiger partial charge in [-0.3, -0.25) is 0 Å². The summed E-state index contributed by atoms with van der Waals surface area (Å²) in [7, 11) is -3.58. The Morgan fingerprint density at radius 2 is 2.05 bits per heavy atom. The molecule has 0 aromatic carbocycles. The first-order valence-corrected chi connectivity index (χ1v) is 9.86. The predicted octanol–water partition coefficient (Wildman–Crippen LogP) is 2.31. The van der Waals surface area contributed by atoms with Crippen molar-refractivity contribution in [3.8, 4) is 0 Å². The van der Waals surface area contributed by atoms with Gasteiger partial charge in [0.15, 0.2) is 0 Å². The fourth-order valence-electron chi connectivity index (χ4n) is 3.03. The van der Waals surface area contributed by atoms with Crippen molar-refractivity contribution in [2.45, 2.75) is 62.8 Å². The molecule has 21 heavy (non-hydrogen) atoms. The van der Waals surface area contributed by atoms with E-state index in [0.717, 1.165) is 25.0 Å². The van der Waals surface area contributed by atoms with Crippen molar-refractivity contribution < 1.29 is 12.8 Å². The number of hydrogen-bond acceptors (Lipinski definition) is 5. The first kappa shape index (κ1) is 16.9. The van der Waals surface area contributed by atoms with Gasteiger partial charge in [0.2, 0.25) is 10.0 Å². The predicted molar refractivity (Wildman–Crippen MR) is 86.0 cm³/mol. The summed E-state index contributed by atoms with van der Waals surface area (Å²) in [6, 6.07) is 0.000167. The van der Waals surface area contributed by atoms with E-state index in [1.807, 2.05) is 11.8 Å². The average molecular weight is 332 g/mol. The molecule has 1 aromatic rings. The Kier molecular flexibility index (Phi) is 5.40. The Labute approximate surface area is 131 Å². The lowest BCUT2D eigenvalue weighted by atomic mass is 10.2. The molecule has 3 N–H and O–H groups in total. The van der Waals surface area contributed by atoms with Crippen LogP contribution in [0.2, 0.25) is 0 Å². The van der Waals surface area contributed by atoms with Crippen LogP contribution in [0.4, 0.5) is 0 Å².